The van der Waals surface area contributed by atoms with Crippen LogP contribution >= 0.6 is 11.3 Å². The van der Waals surface area contributed by atoms with E-state index < -0.39 is 30.0 Å². The van der Waals surface area contributed by atoms with E-state index in [1.54, 1.807) is 30.3 Å². The van der Waals surface area contributed by atoms with E-state index in [1.807, 2.05) is 18.2 Å². The molecule has 0 radical (unpaired) electrons. The Labute approximate surface area is 313 Å². The number of amides is 1. The molecule has 3 aromatic carbocycles. The number of carbonyl (C=O) groups is 3. The van der Waals surface area contributed by atoms with Crippen molar-refractivity contribution in [3.63, 3.8) is 0 Å². The summed E-state index contributed by atoms with van der Waals surface area (Å²) < 4.78 is 57.3. The molecule has 5 aromatic rings. The van der Waals surface area contributed by atoms with Crippen molar-refractivity contribution in [2.24, 2.45) is 11.8 Å². The van der Waals surface area contributed by atoms with E-state index in [0.717, 1.165) is 10.4 Å². The Morgan fingerprint density at radius 3 is 2.09 bits per heavy atom. The molecule has 54 heavy (non-hydrogen) atoms. The number of aryl methyl sites for hydroxylation is 1. The second-order valence-corrected chi connectivity index (χ2v) is 15.5. The van der Waals surface area contributed by atoms with Gasteiger partial charge in [0.25, 0.3) is 0 Å². The number of alkyl halides is 3. The average molecular weight is 760 g/mol. The molecule has 0 unspecified atom stereocenters. The summed E-state index contributed by atoms with van der Waals surface area (Å²) in [5.74, 6) is -3.13. The smallest absolute Gasteiger partial charge is 0.481 e. The van der Waals surface area contributed by atoms with E-state index in [2.05, 4.69) is 35.5 Å². The van der Waals surface area contributed by atoms with Crippen molar-refractivity contribution < 1.29 is 41.8 Å². The number of Topliss-reactive ketones (excluding diaryl/α,β-unsaturated/α-hetero) is 1. The molecule has 6 rings (SSSR count). The highest BCUT2D eigenvalue weighted by Crippen LogP contribution is 2.34. The van der Waals surface area contributed by atoms with E-state index >= 15 is 4.39 Å². The second kappa shape index (κ2) is 15.1. The number of hydrogen-bond donors (Lipinski definition) is 1. The quantitative estimate of drug-likeness (QED) is 0.106. The molecule has 1 N–H and O–H groups in total. The number of ether oxygens (including phenoxy) is 1. The highest BCUT2D eigenvalue weighted by molar-refractivity contribution is 7.14. The fourth-order valence-corrected chi connectivity index (χ4v) is 7.23. The van der Waals surface area contributed by atoms with Crippen LogP contribution in [-0.2, 0) is 21.4 Å². The number of aromatic nitrogens is 2. The summed E-state index contributed by atoms with van der Waals surface area (Å²) in [7, 11) is 0. The van der Waals surface area contributed by atoms with Gasteiger partial charge in [0.2, 0.25) is 5.91 Å². The number of carboxylic acids is 1. The van der Waals surface area contributed by atoms with Gasteiger partial charge in [-0.05, 0) is 71.3 Å². The van der Waals surface area contributed by atoms with Crippen LogP contribution in [0.2, 0.25) is 0 Å². The Morgan fingerprint density at radius 2 is 1.52 bits per heavy atom. The molecule has 1 fully saturated rings. The summed E-state index contributed by atoms with van der Waals surface area (Å²) in [6, 6.07) is 19.6. The van der Waals surface area contributed by atoms with Crippen LogP contribution in [0.15, 0.2) is 85.2 Å². The van der Waals surface area contributed by atoms with Gasteiger partial charge >= 0.3 is 12.3 Å². The minimum absolute atomic E-state index is 0.0100. The van der Waals surface area contributed by atoms with E-state index in [9.17, 15) is 32.7 Å². The standard InChI is InChI=1S/C41H37F4N3O5S/c1-23-15-26(10-12-34(23)53-41(43,44)45)27-9-11-31(32(42)17-27)29-19-46-37(47-20-29)25-7-5-24(6-8-25)16-28(38(50)48-21-30(22-48)39(51)52)18-33(49)35-13-14-36(54-35)40(2,3)4/h5-15,17,19-20,28,30H,16,18,21-22H2,1-4H3,(H,51,52)/t28-/m1/s1. The fraction of sp³-hybridized carbons (Fsp3) is 0.293. The molecule has 3 heterocycles. The minimum Gasteiger partial charge on any atom is -0.481 e. The highest BCUT2D eigenvalue weighted by atomic mass is 32.1. The lowest BCUT2D eigenvalue weighted by molar-refractivity contribution is -0.274. The lowest BCUT2D eigenvalue weighted by atomic mass is 9.89. The molecule has 8 nitrogen and oxygen atoms in total. The summed E-state index contributed by atoms with van der Waals surface area (Å²) in [4.78, 5) is 50.3. The van der Waals surface area contributed by atoms with Crippen molar-refractivity contribution in [1.82, 2.24) is 14.9 Å². The fourth-order valence-electron chi connectivity index (χ4n) is 6.22. The Balaban J connectivity index is 1.14. The molecule has 0 bridgehead atoms. The summed E-state index contributed by atoms with van der Waals surface area (Å²) in [6.45, 7) is 7.92. The number of thiophene rings is 1. The van der Waals surface area contributed by atoms with Gasteiger partial charge in [-0.25, -0.2) is 14.4 Å². The van der Waals surface area contributed by atoms with Gasteiger partial charge in [-0.3, -0.25) is 14.4 Å². The number of carbonyl (C=O) groups excluding carboxylic acids is 2. The van der Waals surface area contributed by atoms with Crippen LogP contribution < -0.4 is 4.74 Å². The molecule has 13 heteroatoms. The van der Waals surface area contributed by atoms with E-state index in [4.69, 9.17) is 0 Å². The molecular weight excluding hydrogens is 723 g/mol. The van der Waals surface area contributed by atoms with Crippen LogP contribution in [0.1, 0.15) is 52.9 Å². The molecule has 0 spiro atoms. The Hall–Kier alpha value is -5.43. The first-order valence-electron chi connectivity index (χ1n) is 17.2. The molecule has 1 amide bonds. The maximum Gasteiger partial charge on any atom is 0.573 e. The van der Waals surface area contributed by atoms with E-state index in [0.29, 0.717) is 33.0 Å². The monoisotopic (exact) mass is 759 g/mol. The first-order valence-corrected chi connectivity index (χ1v) is 18.0. The largest absolute Gasteiger partial charge is 0.573 e. The molecule has 280 valence electrons. The molecule has 2 aromatic heterocycles. The number of benzene rings is 3. The first-order chi connectivity index (χ1) is 25.4. The van der Waals surface area contributed by atoms with Gasteiger partial charge in [0, 0.05) is 59.4 Å². The van der Waals surface area contributed by atoms with Crippen molar-refractivity contribution in [3.05, 3.63) is 112 Å². The van der Waals surface area contributed by atoms with Gasteiger partial charge in [-0.1, -0.05) is 63.2 Å². The topological polar surface area (TPSA) is 110 Å². The van der Waals surface area contributed by atoms with Crippen LogP contribution in [0.4, 0.5) is 17.6 Å². The number of carboxylic acid groups (broad SMARTS) is 1. The number of aliphatic carboxylic acids is 1. The number of likely N-dealkylation sites (tertiary alicyclic amines) is 1. The van der Waals surface area contributed by atoms with Gasteiger partial charge < -0.3 is 14.7 Å². The zero-order valence-electron chi connectivity index (χ0n) is 29.9. The third-order valence-corrected chi connectivity index (χ3v) is 10.9. The second-order valence-electron chi connectivity index (χ2n) is 14.4. The summed E-state index contributed by atoms with van der Waals surface area (Å²) in [5, 5.41) is 9.32. The number of ketones is 1. The van der Waals surface area contributed by atoms with Crippen molar-refractivity contribution >= 4 is 29.0 Å². The number of halogens is 4. The van der Waals surface area contributed by atoms with Crippen molar-refractivity contribution in [2.75, 3.05) is 13.1 Å². The minimum atomic E-state index is -4.82. The van der Waals surface area contributed by atoms with Crippen molar-refractivity contribution in [2.45, 2.75) is 52.3 Å². The number of nitrogens with zero attached hydrogens (tertiary/aromatic N) is 3. The molecule has 0 aliphatic carbocycles. The molecule has 1 aliphatic heterocycles. The van der Waals surface area contributed by atoms with E-state index in [1.165, 1.54) is 59.8 Å². The summed E-state index contributed by atoms with van der Waals surface area (Å²) in [6.07, 6.45) is -1.56. The SMILES string of the molecule is Cc1cc(-c2ccc(-c3cnc(-c4ccc(C[C@H](CC(=O)c5ccc(C(C)(C)C)s5)C(=O)N5CC(C(=O)O)C5)cc4)nc3)c(F)c2)ccc1OC(F)(F)F. The maximum absolute atomic E-state index is 15.3. The van der Waals surface area contributed by atoms with Gasteiger partial charge in [0.05, 0.1) is 10.8 Å². The van der Waals surface area contributed by atoms with Gasteiger partial charge in [-0.15, -0.1) is 24.5 Å². The highest BCUT2D eigenvalue weighted by Gasteiger charge is 2.39. The van der Waals surface area contributed by atoms with Crippen molar-refractivity contribution in [1.29, 1.82) is 0 Å². The lowest BCUT2D eigenvalue weighted by Crippen LogP contribution is -2.55. The number of hydrogen-bond acceptors (Lipinski definition) is 7. The van der Waals surface area contributed by atoms with Crippen LogP contribution in [0.25, 0.3) is 33.6 Å². The zero-order valence-corrected chi connectivity index (χ0v) is 30.7. The number of rotatable bonds is 11. The van der Waals surface area contributed by atoms with Gasteiger partial charge in [-0.2, -0.15) is 0 Å². The van der Waals surface area contributed by atoms with Crippen LogP contribution in [0, 0.1) is 24.6 Å². The molecule has 1 aliphatic rings. The Bertz CT molecular complexity index is 2190. The maximum atomic E-state index is 15.3. The Kier molecular flexibility index (Phi) is 10.7. The first kappa shape index (κ1) is 38.3. The normalized spacial score (nSPS) is 14.0. The third-order valence-electron chi connectivity index (χ3n) is 9.30. The summed E-state index contributed by atoms with van der Waals surface area (Å²) in [5.41, 5.74) is 3.27. The predicted molar refractivity (Wildman–Crippen MR) is 197 cm³/mol. The van der Waals surface area contributed by atoms with Gasteiger partial charge in [0.1, 0.15) is 11.6 Å². The van der Waals surface area contributed by atoms with Crippen LogP contribution in [0.5, 0.6) is 5.75 Å². The predicted octanol–water partition coefficient (Wildman–Crippen LogP) is 9.16. The Morgan fingerprint density at radius 1 is 0.889 bits per heavy atom. The van der Waals surface area contributed by atoms with Crippen molar-refractivity contribution in [3.8, 4) is 39.4 Å². The molecule has 1 saturated heterocycles. The van der Waals surface area contributed by atoms with Crippen LogP contribution in [-0.4, -0.2) is 57.1 Å². The zero-order chi connectivity index (χ0) is 38.9. The molecule has 1 atom stereocenters. The van der Waals surface area contributed by atoms with Gasteiger partial charge in [0.15, 0.2) is 11.6 Å². The molecule has 0 saturated carbocycles. The lowest BCUT2D eigenvalue weighted by Gasteiger charge is -2.38. The van der Waals surface area contributed by atoms with E-state index in [-0.39, 0.29) is 59.9 Å². The summed E-state index contributed by atoms with van der Waals surface area (Å²) >= 11 is 1.42. The molecular formula is C41H37F4N3O5S. The third kappa shape index (κ3) is 8.84. The average Bonchev–Trinajstić information content (AvgIpc) is 3.60. The van der Waals surface area contributed by atoms with Crippen LogP contribution in [0.3, 0.4) is 0 Å².